The van der Waals surface area contributed by atoms with Crippen molar-refractivity contribution in [3.63, 3.8) is 0 Å². The van der Waals surface area contributed by atoms with E-state index in [0.717, 1.165) is 0 Å². The van der Waals surface area contributed by atoms with Crippen molar-refractivity contribution in [1.29, 1.82) is 0 Å². The molecule has 3 fully saturated rings. The van der Waals surface area contributed by atoms with E-state index in [9.17, 15) is 0 Å². The fourth-order valence-corrected chi connectivity index (χ4v) is 1.13. The van der Waals surface area contributed by atoms with Crippen LogP contribution in [0.5, 0.6) is 0 Å². The molecule has 0 heteroatoms. The van der Waals surface area contributed by atoms with Crippen LogP contribution in [-0.2, 0) is 0 Å². The van der Waals surface area contributed by atoms with E-state index in [-0.39, 0.29) is 0 Å². The molecule has 0 aromatic rings. The van der Waals surface area contributed by atoms with E-state index in [2.05, 4.69) is 0 Å². The number of hydrogen-bond donors (Lipinski definition) is 0. The first-order valence-corrected chi connectivity index (χ1v) is 12.0. The van der Waals surface area contributed by atoms with E-state index in [1.807, 2.05) is 83.1 Å². The number of hydrogen-bond acceptors (Lipinski definition) is 0. The second kappa shape index (κ2) is 77.3. The first-order valence-electron chi connectivity index (χ1n) is 12.0. The second-order valence-electron chi connectivity index (χ2n) is 4.24. The van der Waals surface area contributed by atoms with Crippen molar-refractivity contribution in [1.82, 2.24) is 0 Å². The maximum Gasteiger partial charge on any atom is -0.0533 e. The van der Waals surface area contributed by atoms with Gasteiger partial charge in [-0.1, -0.05) is 160 Å². The lowest BCUT2D eigenvalue weighted by molar-refractivity contribution is 0.504. The van der Waals surface area contributed by atoms with Gasteiger partial charge < -0.3 is 0 Å². The monoisotopic (exact) mass is 348 g/mol. The lowest BCUT2D eigenvalue weighted by atomic mass is 10.0. The summed E-state index contributed by atoms with van der Waals surface area (Å²) in [6.07, 6.45) is 18.0. The molecule has 0 nitrogen and oxygen atoms in total. The minimum Gasteiger partial charge on any atom is -0.0683 e. The Balaban J connectivity index is -0.0000000395. The predicted octanol–water partition coefficient (Wildman–Crippen LogP) is 10.8. The van der Waals surface area contributed by atoms with Gasteiger partial charge in [0.15, 0.2) is 0 Å². The van der Waals surface area contributed by atoms with Gasteiger partial charge in [0.2, 0.25) is 0 Å². The highest BCUT2D eigenvalue weighted by Gasteiger charge is 1.96. The zero-order chi connectivity index (χ0) is 20.5. The standard InChI is InChI=1S/C5H10.C4H8.C3H6.6C2H6/c1-2-4-5-3-1;1-2-4-3-1;1-2-3-1;6*1-2/h1-5H2;1-4H2;1-3H2;6*1-2H3. The van der Waals surface area contributed by atoms with Gasteiger partial charge in [0.25, 0.3) is 0 Å². The Kier molecular flexibility index (Phi) is 126. The summed E-state index contributed by atoms with van der Waals surface area (Å²) in [5.74, 6) is 0. The van der Waals surface area contributed by atoms with E-state index in [0.29, 0.717) is 0 Å². The maximum atomic E-state index is 2.00. The molecule has 0 aromatic heterocycles. The van der Waals surface area contributed by atoms with Gasteiger partial charge in [0.05, 0.1) is 0 Å². The van der Waals surface area contributed by atoms with Crippen molar-refractivity contribution in [2.75, 3.05) is 0 Å². The molecule has 0 atom stereocenters. The predicted molar refractivity (Wildman–Crippen MR) is 123 cm³/mol. The van der Waals surface area contributed by atoms with E-state index in [1.54, 1.807) is 0 Å². The van der Waals surface area contributed by atoms with Crippen molar-refractivity contribution >= 4 is 0 Å². The van der Waals surface area contributed by atoms with E-state index in [1.165, 1.54) is 77.0 Å². The number of rotatable bonds is 0. The summed E-state index contributed by atoms with van der Waals surface area (Å²) in [5, 5.41) is 0. The molecule has 3 saturated carbocycles. The van der Waals surface area contributed by atoms with E-state index in [4.69, 9.17) is 0 Å². The van der Waals surface area contributed by atoms with Crippen molar-refractivity contribution in [3.8, 4) is 0 Å². The molecule has 156 valence electrons. The van der Waals surface area contributed by atoms with Crippen LogP contribution < -0.4 is 0 Å². The molecule has 0 N–H and O–H groups in total. The van der Waals surface area contributed by atoms with E-state index < -0.39 is 0 Å². The molecule has 0 aliphatic heterocycles. The minimum atomic E-state index is 1.50. The largest absolute Gasteiger partial charge is 0.0683 e. The maximum absolute atomic E-state index is 2.00. The van der Waals surface area contributed by atoms with Crippen LogP contribution in [0.25, 0.3) is 0 Å². The van der Waals surface area contributed by atoms with Crippen LogP contribution >= 0.6 is 0 Å². The molecule has 0 heterocycles. The van der Waals surface area contributed by atoms with Crippen LogP contribution in [0.3, 0.4) is 0 Å². The van der Waals surface area contributed by atoms with Gasteiger partial charge in [-0.2, -0.15) is 0 Å². The summed E-state index contributed by atoms with van der Waals surface area (Å²) in [5.41, 5.74) is 0. The Hall–Kier alpha value is 0. The van der Waals surface area contributed by atoms with Gasteiger partial charge in [-0.05, 0) is 0 Å². The molecule has 3 rings (SSSR count). The average molecular weight is 349 g/mol. The lowest BCUT2D eigenvalue weighted by Gasteiger charge is -2.05. The molecule has 3 aliphatic rings. The van der Waals surface area contributed by atoms with Crippen molar-refractivity contribution < 1.29 is 0 Å². The molecule has 3 aliphatic carbocycles. The summed E-state index contributed by atoms with van der Waals surface area (Å²) >= 11 is 0. The molecule has 0 amide bonds. The first-order chi connectivity index (χ1) is 12.0. The highest BCUT2D eigenvalue weighted by atomic mass is 14.0. The zero-order valence-electron chi connectivity index (χ0n) is 20.5. The zero-order valence-corrected chi connectivity index (χ0v) is 20.5. The van der Waals surface area contributed by atoms with Gasteiger partial charge in [-0.3, -0.25) is 0 Å². The fourth-order valence-electron chi connectivity index (χ4n) is 1.13. The molecule has 24 heavy (non-hydrogen) atoms. The average Bonchev–Trinajstić information content (AvgIpc) is 3.44. The molecule has 0 unspecified atom stereocenters. The minimum absolute atomic E-state index is 1.50. The smallest absolute Gasteiger partial charge is 0.0533 e. The van der Waals surface area contributed by atoms with Crippen molar-refractivity contribution in [2.24, 2.45) is 0 Å². The quantitative estimate of drug-likeness (QED) is 0.408. The third-order valence-corrected chi connectivity index (χ3v) is 2.60. The van der Waals surface area contributed by atoms with Crippen LogP contribution in [0.2, 0.25) is 0 Å². The van der Waals surface area contributed by atoms with Gasteiger partial charge in [0, 0.05) is 0 Å². The molecular formula is C24H60. The molecule has 0 bridgehead atoms. The van der Waals surface area contributed by atoms with E-state index >= 15 is 0 Å². The summed E-state index contributed by atoms with van der Waals surface area (Å²) in [7, 11) is 0. The molecule has 0 spiro atoms. The van der Waals surface area contributed by atoms with Crippen molar-refractivity contribution in [2.45, 2.75) is 160 Å². The lowest BCUT2D eigenvalue weighted by Crippen LogP contribution is -1.85. The second-order valence-corrected chi connectivity index (χ2v) is 4.24. The summed E-state index contributed by atoms with van der Waals surface area (Å²) in [6.45, 7) is 24.0. The van der Waals surface area contributed by atoms with Crippen molar-refractivity contribution in [3.05, 3.63) is 0 Å². The Morgan fingerprint density at radius 2 is 0.208 bits per heavy atom. The van der Waals surface area contributed by atoms with Crippen LogP contribution in [0, 0.1) is 0 Å². The van der Waals surface area contributed by atoms with Crippen LogP contribution in [0.1, 0.15) is 160 Å². The normalized spacial score (nSPS) is 13.5. The molecule has 0 radical (unpaired) electrons. The molecular weight excluding hydrogens is 288 g/mol. The highest BCUT2D eigenvalue weighted by Crippen LogP contribution is 2.15. The van der Waals surface area contributed by atoms with Gasteiger partial charge in [-0.15, -0.1) is 0 Å². The Morgan fingerprint density at radius 1 is 0.167 bits per heavy atom. The summed E-state index contributed by atoms with van der Waals surface area (Å²) < 4.78 is 0. The third kappa shape index (κ3) is 97.0. The summed E-state index contributed by atoms with van der Waals surface area (Å²) in [4.78, 5) is 0. The van der Waals surface area contributed by atoms with Gasteiger partial charge >= 0.3 is 0 Å². The van der Waals surface area contributed by atoms with Crippen LogP contribution in [0.15, 0.2) is 0 Å². The third-order valence-electron chi connectivity index (χ3n) is 2.60. The van der Waals surface area contributed by atoms with Crippen LogP contribution in [-0.4, -0.2) is 0 Å². The molecule has 0 saturated heterocycles. The van der Waals surface area contributed by atoms with Gasteiger partial charge in [0.1, 0.15) is 0 Å². The highest BCUT2D eigenvalue weighted by molar-refractivity contribution is 4.51. The SMILES string of the molecule is C1CC1.C1CCC1.C1CCCC1.CC.CC.CC.CC.CC.CC. The fraction of sp³-hybridized carbons (Fsp3) is 1.00. The Bertz CT molecular complexity index is 61.7. The first kappa shape index (κ1) is 39.2. The topological polar surface area (TPSA) is 0 Å². The molecule has 0 aromatic carbocycles. The van der Waals surface area contributed by atoms with Crippen LogP contribution in [0.4, 0.5) is 0 Å². The Morgan fingerprint density at radius 3 is 0.250 bits per heavy atom. The Labute approximate surface area is 160 Å². The van der Waals surface area contributed by atoms with Gasteiger partial charge in [-0.25, -0.2) is 0 Å². The summed E-state index contributed by atoms with van der Waals surface area (Å²) in [6, 6.07) is 0.